The van der Waals surface area contributed by atoms with Gasteiger partial charge in [0.05, 0.1) is 0 Å². The van der Waals surface area contributed by atoms with Crippen LogP contribution in [0.4, 0.5) is 5.69 Å². The number of unbranched alkanes of at least 4 members (excludes halogenated alkanes) is 6. The van der Waals surface area contributed by atoms with Crippen LogP contribution in [0.25, 0.3) is 0 Å². The fourth-order valence-electron chi connectivity index (χ4n) is 2.32. The Hall–Kier alpha value is -0.500. The first-order valence-corrected chi connectivity index (χ1v) is 8.70. The number of rotatable bonds is 10. The standard InChI is InChI=1S/C17H28BrN/c1-16-11-10-12-17(15-16)19(2)14-9-7-5-3-4-6-8-13-18/h10-12,15H,3-9,13-14H2,1-2H3. The molecule has 1 aromatic carbocycles. The molecular formula is C17H28BrN. The van der Waals surface area contributed by atoms with Gasteiger partial charge >= 0.3 is 0 Å². The lowest BCUT2D eigenvalue weighted by molar-refractivity contribution is 0.590. The van der Waals surface area contributed by atoms with Gasteiger partial charge in [0.25, 0.3) is 0 Å². The maximum Gasteiger partial charge on any atom is 0.0366 e. The molecule has 0 unspecified atom stereocenters. The van der Waals surface area contributed by atoms with Crippen LogP contribution in [0, 0.1) is 6.92 Å². The zero-order valence-electron chi connectivity index (χ0n) is 12.5. The number of anilines is 1. The highest BCUT2D eigenvalue weighted by Gasteiger charge is 2.00. The molecule has 1 aromatic rings. The van der Waals surface area contributed by atoms with Crippen molar-refractivity contribution in [2.45, 2.75) is 51.9 Å². The number of nitrogens with zero attached hydrogens (tertiary/aromatic N) is 1. The van der Waals surface area contributed by atoms with E-state index in [0.29, 0.717) is 0 Å². The molecule has 0 amide bonds. The van der Waals surface area contributed by atoms with Crippen LogP contribution in [-0.4, -0.2) is 18.9 Å². The molecular weight excluding hydrogens is 298 g/mol. The van der Waals surface area contributed by atoms with E-state index in [-0.39, 0.29) is 0 Å². The summed E-state index contributed by atoms with van der Waals surface area (Å²) >= 11 is 3.48. The molecule has 1 nitrogen and oxygen atoms in total. The minimum Gasteiger partial charge on any atom is -0.375 e. The fraction of sp³-hybridized carbons (Fsp3) is 0.647. The number of aryl methyl sites for hydroxylation is 1. The van der Waals surface area contributed by atoms with Crippen LogP contribution in [-0.2, 0) is 0 Å². The molecule has 0 aromatic heterocycles. The van der Waals surface area contributed by atoms with Crippen molar-refractivity contribution in [2.24, 2.45) is 0 Å². The van der Waals surface area contributed by atoms with Gasteiger partial charge in [-0.25, -0.2) is 0 Å². The van der Waals surface area contributed by atoms with Gasteiger partial charge in [-0.2, -0.15) is 0 Å². The largest absolute Gasteiger partial charge is 0.375 e. The van der Waals surface area contributed by atoms with Crippen LogP contribution < -0.4 is 4.90 Å². The quantitative estimate of drug-likeness (QED) is 0.402. The zero-order valence-corrected chi connectivity index (χ0v) is 14.1. The highest BCUT2D eigenvalue weighted by atomic mass is 79.9. The maximum atomic E-state index is 3.48. The molecule has 1 rings (SSSR count). The van der Waals surface area contributed by atoms with Gasteiger partial charge in [-0.3, -0.25) is 0 Å². The van der Waals surface area contributed by atoms with E-state index >= 15 is 0 Å². The summed E-state index contributed by atoms with van der Waals surface area (Å²) in [6.07, 6.45) is 9.59. The van der Waals surface area contributed by atoms with Crippen molar-refractivity contribution in [3.8, 4) is 0 Å². The maximum absolute atomic E-state index is 3.48. The molecule has 0 spiro atoms. The summed E-state index contributed by atoms with van der Waals surface area (Å²) in [5.41, 5.74) is 2.69. The molecule has 0 N–H and O–H groups in total. The van der Waals surface area contributed by atoms with E-state index in [4.69, 9.17) is 0 Å². The first-order chi connectivity index (χ1) is 9.24. The Bertz CT molecular complexity index is 338. The lowest BCUT2D eigenvalue weighted by Gasteiger charge is -2.19. The van der Waals surface area contributed by atoms with Gasteiger partial charge in [-0.05, 0) is 37.5 Å². The fourth-order valence-corrected chi connectivity index (χ4v) is 2.72. The van der Waals surface area contributed by atoms with Crippen molar-refractivity contribution in [1.82, 2.24) is 0 Å². The molecule has 0 radical (unpaired) electrons. The monoisotopic (exact) mass is 325 g/mol. The second kappa shape index (κ2) is 10.3. The van der Waals surface area contributed by atoms with Crippen LogP contribution >= 0.6 is 15.9 Å². The average Bonchev–Trinajstić information content (AvgIpc) is 2.41. The summed E-state index contributed by atoms with van der Waals surface area (Å²) < 4.78 is 0. The molecule has 2 heteroatoms. The Balaban J connectivity index is 2.06. The van der Waals surface area contributed by atoms with Crippen molar-refractivity contribution in [2.75, 3.05) is 23.8 Å². The summed E-state index contributed by atoms with van der Waals surface area (Å²) in [4.78, 5) is 2.37. The Morgan fingerprint density at radius 2 is 1.58 bits per heavy atom. The third-order valence-electron chi connectivity index (χ3n) is 3.57. The molecule has 0 heterocycles. The molecule has 0 atom stereocenters. The van der Waals surface area contributed by atoms with Gasteiger partial charge in [-0.1, -0.05) is 60.2 Å². The van der Waals surface area contributed by atoms with Crippen LogP contribution in [0.5, 0.6) is 0 Å². The molecule has 0 bridgehead atoms. The lowest BCUT2D eigenvalue weighted by atomic mass is 10.1. The Morgan fingerprint density at radius 1 is 0.947 bits per heavy atom. The van der Waals surface area contributed by atoms with Crippen LogP contribution in [0.2, 0.25) is 0 Å². The lowest BCUT2D eigenvalue weighted by Crippen LogP contribution is -2.18. The van der Waals surface area contributed by atoms with Crippen molar-refractivity contribution in [1.29, 1.82) is 0 Å². The average molecular weight is 326 g/mol. The van der Waals surface area contributed by atoms with Crippen LogP contribution in [0.3, 0.4) is 0 Å². The molecule has 0 aliphatic carbocycles. The van der Waals surface area contributed by atoms with E-state index < -0.39 is 0 Å². The van der Waals surface area contributed by atoms with E-state index in [9.17, 15) is 0 Å². The highest BCUT2D eigenvalue weighted by molar-refractivity contribution is 9.09. The molecule has 0 saturated carbocycles. The van der Waals surface area contributed by atoms with E-state index in [1.807, 2.05) is 0 Å². The second-order valence-corrected chi connectivity index (χ2v) is 6.22. The van der Waals surface area contributed by atoms with Gasteiger partial charge in [0.1, 0.15) is 0 Å². The summed E-state index contributed by atoms with van der Waals surface area (Å²) in [6, 6.07) is 8.77. The number of benzene rings is 1. The number of hydrogen-bond acceptors (Lipinski definition) is 1. The number of alkyl halides is 1. The first-order valence-electron chi connectivity index (χ1n) is 7.58. The van der Waals surface area contributed by atoms with Crippen molar-refractivity contribution < 1.29 is 0 Å². The third-order valence-corrected chi connectivity index (χ3v) is 4.13. The topological polar surface area (TPSA) is 3.24 Å². The summed E-state index contributed by atoms with van der Waals surface area (Å²) in [5.74, 6) is 0. The third kappa shape index (κ3) is 7.61. The van der Waals surface area contributed by atoms with Crippen molar-refractivity contribution in [3.63, 3.8) is 0 Å². The molecule has 0 fully saturated rings. The predicted molar refractivity (Wildman–Crippen MR) is 90.6 cm³/mol. The van der Waals surface area contributed by atoms with Gasteiger partial charge < -0.3 is 4.90 Å². The second-order valence-electron chi connectivity index (χ2n) is 5.42. The molecule has 108 valence electrons. The SMILES string of the molecule is Cc1cccc(N(C)CCCCCCCCCBr)c1. The van der Waals surface area contributed by atoms with E-state index in [1.165, 1.54) is 62.7 Å². The Kier molecular flexibility index (Phi) is 8.98. The van der Waals surface area contributed by atoms with Crippen LogP contribution in [0.15, 0.2) is 24.3 Å². The van der Waals surface area contributed by atoms with E-state index in [2.05, 4.69) is 59.1 Å². The summed E-state index contributed by atoms with van der Waals surface area (Å²) in [6.45, 7) is 3.33. The van der Waals surface area contributed by atoms with Gasteiger partial charge in [-0.15, -0.1) is 0 Å². The summed E-state index contributed by atoms with van der Waals surface area (Å²) in [7, 11) is 2.20. The van der Waals surface area contributed by atoms with Gasteiger partial charge in [0, 0.05) is 24.6 Å². The smallest absolute Gasteiger partial charge is 0.0366 e. The highest BCUT2D eigenvalue weighted by Crippen LogP contribution is 2.15. The molecule has 0 saturated heterocycles. The van der Waals surface area contributed by atoms with E-state index in [1.54, 1.807) is 0 Å². The number of hydrogen-bond donors (Lipinski definition) is 0. The van der Waals surface area contributed by atoms with Gasteiger partial charge in [0.2, 0.25) is 0 Å². The van der Waals surface area contributed by atoms with Gasteiger partial charge in [0.15, 0.2) is 0 Å². The Morgan fingerprint density at radius 3 is 2.21 bits per heavy atom. The predicted octanol–water partition coefficient (Wildman–Crippen LogP) is 5.56. The first kappa shape index (κ1) is 16.6. The number of halogens is 1. The van der Waals surface area contributed by atoms with Crippen molar-refractivity contribution in [3.05, 3.63) is 29.8 Å². The molecule has 0 aliphatic rings. The molecule has 0 aliphatic heterocycles. The van der Waals surface area contributed by atoms with E-state index in [0.717, 1.165) is 5.33 Å². The minimum atomic E-state index is 1.16. The zero-order chi connectivity index (χ0) is 13.9. The van der Waals surface area contributed by atoms with Crippen molar-refractivity contribution >= 4 is 21.6 Å². The van der Waals surface area contributed by atoms with Crippen LogP contribution in [0.1, 0.15) is 50.5 Å². The minimum absolute atomic E-state index is 1.16. The molecule has 19 heavy (non-hydrogen) atoms. The normalized spacial score (nSPS) is 10.7. The Labute approximate surface area is 127 Å². The summed E-state index contributed by atoms with van der Waals surface area (Å²) in [5, 5.41) is 1.16.